The summed E-state index contributed by atoms with van der Waals surface area (Å²) in [7, 11) is 0. The third-order valence-corrected chi connectivity index (χ3v) is 4.52. The molecule has 1 amide bonds. The number of hydrogen-bond acceptors (Lipinski definition) is 3. The lowest BCUT2D eigenvalue weighted by Gasteiger charge is -2.13. The molecule has 0 radical (unpaired) electrons. The zero-order valence-corrected chi connectivity index (χ0v) is 12.5. The summed E-state index contributed by atoms with van der Waals surface area (Å²) in [5, 5.41) is 3.08. The normalized spacial score (nSPS) is 17.5. The van der Waals surface area contributed by atoms with Crippen LogP contribution in [0.1, 0.15) is 36.1 Å². The number of nitrogens with zero attached hydrogens (tertiary/aromatic N) is 1. The number of nitrogens with one attached hydrogen (secondary N) is 1. The van der Waals surface area contributed by atoms with E-state index in [4.69, 9.17) is 4.42 Å². The Morgan fingerprint density at radius 3 is 2.91 bits per heavy atom. The van der Waals surface area contributed by atoms with Gasteiger partial charge >= 0.3 is 0 Å². The summed E-state index contributed by atoms with van der Waals surface area (Å²) in [5.41, 5.74) is 3.63. The molecular weight excluding hydrogens is 276 g/mol. The van der Waals surface area contributed by atoms with E-state index in [1.54, 1.807) is 6.26 Å². The summed E-state index contributed by atoms with van der Waals surface area (Å²) in [6.45, 7) is 1.99. The van der Waals surface area contributed by atoms with Gasteiger partial charge in [-0.1, -0.05) is 12.1 Å². The maximum atomic E-state index is 12.2. The van der Waals surface area contributed by atoms with E-state index < -0.39 is 0 Å². The maximum absolute atomic E-state index is 12.2. The van der Waals surface area contributed by atoms with Crippen LogP contribution in [-0.4, -0.2) is 16.8 Å². The van der Waals surface area contributed by atoms with Crippen LogP contribution >= 0.6 is 0 Å². The number of fused-ring (bicyclic) bond motifs is 1. The highest BCUT2D eigenvalue weighted by Crippen LogP contribution is 2.37. The predicted molar refractivity (Wildman–Crippen MR) is 84.4 cm³/mol. The van der Waals surface area contributed by atoms with Gasteiger partial charge in [-0.15, -0.1) is 0 Å². The summed E-state index contributed by atoms with van der Waals surface area (Å²) in [4.78, 5) is 14.7. The molecule has 2 heterocycles. The molecule has 4 rings (SSSR count). The van der Waals surface area contributed by atoms with Crippen molar-refractivity contribution in [1.82, 2.24) is 4.90 Å². The Morgan fingerprint density at radius 2 is 2.14 bits per heavy atom. The molecule has 114 valence electrons. The number of aryl methyl sites for hydroxylation is 1. The molecule has 1 aliphatic carbocycles. The minimum Gasteiger partial charge on any atom is -0.469 e. The highest BCUT2D eigenvalue weighted by atomic mass is 16.3. The smallest absolute Gasteiger partial charge is 0.224 e. The Hall–Kier alpha value is -2.07. The molecule has 2 aliphatic rings. The molecule has 4 heteroatoms. The monoisotopic (exact) mass is 296 g/mol. The van der Waals surface area contributed by atoms with Gasteiger partial charge in [0.1, 0.15) is 5.76 Å². The molecule has 22 heavy (non-hydrogen) atoms. The van der Waals surface area contributed by atoms with Gasteiger partial charge in [0.25, 0.3) is 0 Å². The molecule has 1 saturated carbocycles. The van der Waals surface area contributed by atoms with Crippen molar-refractivity contribution in [3.8, 4) is 0 Å². The van der Waals surface area contributed by atoms with Crippen molar-refractivity contribution in [3.05, 3.63) is 53.5 Å². The summed E-state index contributed by atoms with van der Waals surface area (Å²) in [5.74, 6) is 0.906. The zero-order chi connectivity index (χ0) is 14.9. The average Bonchev–Trinajstić information content (AvgIpc) is 3.07. The van der Waals surface area contributed by atoms with Gasteiger partial charge in [0, 0.05) is 37.7 Å². The maximum Gasteiger partial charge on any atom is 0.224 e. The molecule has 1 N–H and O–H groups in total. The van der Waals surface area contributed by atoms with Crippen molar-refractivity contribution in [2.45, 2.75) is 44.8 Å². The molecule has 1 fully saturated rings. The van der Waals surface area contributed by atoms with Crippen molar-refractivity contribution >= 4 is 11.6 Å². The third kappa shape index (κ3) is 2.79. The number of anilines is 1. The number of hydrogen-bond donors (Lipinski definition) is 1. The molecular formula is C18H20N2O2. The van der Waals surface area contributed by atoms with Crippen LogP contribution in [0.5, 0.6) is 0 Å². The summed E-state index contributed by atoms with van der Waals surface area (Å²) in [6.07, 6.45) is 5.37. The van der Waals surface area contributed by atoms with E-state index in [-0.39, 0.29) is 5.91 Å². The van der Waals surface area contributed by atoms with E-state index in [0.717, 1.165) is 30.6 Å². The molecule has 1 aromatic heterocycles. The fourth-order valence-electron chi connectivity index (χ4n) is 3.17. The van der Waals surface area contributed by atoms with Gasteiger partial charge in [-0.25, -0.2) is 0 Å². The second kappa shape index (κ2) is 5.61. The molecule has 1 aliphatic heterocycles. The molecule has 1 aromatic carbocycles. The summed E-state index contributed by atoms with van der Waals surface area (Å²) in [6, 6.07) is 10.7. The second-order valence-electron chi connectivity index (χ2n) is 6.21. The highest BCUT2D eigenvalue weighted by Gasteiger charge is 2.33. The topological polar surface area (TPSA) is 45.5 Å². The van der Waals surface area contributed by atoms with E-state index in [9.17, 15) is 4.79 Å². The Morgan fingerprint density at radius 1 is 1.23 bits per heavy atom. The molecule has 0 saturated heterocycles. The van der Waals surface area contributed by atoms with Crippen LogP contribution in [0.25, 0.3) is 0 Å². The van der Waals surface area contributed by atoms with E-state index in [1.165, 1.54) is 24.0 Å². The van der Waals surface area contributed by atoms with Crippen LogP contribution in [0.15, 0.2) is 41.0 Å². The quantitative estimate of drug-likeness (QED) is 0.920. The first kappa shape index (κ1) is 13.6. The number of furan rings is 1. The lowest BCUT2D eigenvalue weighted by atomic mass is 10.1. The molecule has 0 atom stereocenters. The third-order valence-electron chi connectivity index (χ3n) is 4.52. The van der Waals surface area contributed by atoms with Crippen LogP contribution in [0.3, 0.4) is 0 Å². The van der Waals surface area contributed by atoms with Crippen molar-refractivity contribution in [1.29, 1.82) is 0 Å². The van der Waals surface area contributed by atoms with Crippen LogP contribution in [0, 0.1) is 0 Å². The molecule has 0 spiro atoms. The van der Waals surface area contributed by atoms with Gasteiger partial charge < -0.3 is 9.73 Å². The van der Waals surface area contributed by atoms with Crippen LogP contribution in [0.2, 0.25) is 0 Å². The average molecular weight is 296 g/mol. The van der Waals surface area contributed by atoms with E-state index >= 15 is 0 Å². The van der Waals surface area contributed by atoms with Crippen LogP contribution in [-0.2, 0) is 24.3 Å². The molecule has 0 bridgehead atoms. The Kier molecular flexibility index (Phi) is 3.47. The first-order valence-electron chi connectivity index (χ1n) is 7.96. The van der Waals surface area contributed by atoms with Crippen LogP contribution < -0.4 is 5.32 Å². The number of benzene rings is 1. The van der Waals surface area contributed by atoms with E-state index in [0.29, 0.717) is 12.8 Å². The lowest BCUT2D eigenvalue weighted by molar-refractivity contribution is -0.116. The van der Waals surface area contributed by atoms with Crippen molar-refractivity contribution < 1.29 is 9.21 Å². The molecule has 2 aromatic rings. The Labute approximate surface area is 130 Å². The van der Waals surface area contributed by atoms with Gasteiger partial charge in [0.2, 0.25) is 5.91 Å². The van der Waals surface area contributed by atoms with Crippen molar-refractivity contribution in [2.24, 2.45) is 0 Å². The molecule has 0 unspecified atom stereocenters. The van der Waals surface area contributed by atoms with E-state index in [2.05, 4.69) is 16.3 Å². The standard InChI is InChI=1S/C18H20N2O2/c21-18(9-8-15-4-2-10-22-15)19-17-5-1-3-13-11-20(12-16(13)17)14-6-7-14/h1-5,10,14H,6-9,11-12H2,(H,19,21). The SMILES string of the molecule is O=C(CCc1ccco1)Nc1cccc2c1CN(C1CC1)C2. The largest absolute Gasteiger partial charge is 0.469 e. The summed E-state index contributed by atoms with van der Waals surface area (Å²) >= 11 is 0. The fourth-order valence-corrected chi connectivity index (χ4v) is 3.17. The van der Waals surface area contributed by atoms with Crippen molar-refractivity contribution in [2.75, 3.05) is 5.32 Å². The first-order chi connectivity index (χ1) is 10.8. The first-order valence-corrected chi connectivity index (χ1v) is 7.96. The van der Waals surface area contributed by atoms with Gasteiger partial charge in [-0.2, -0.15) is 0 Å². The number of amides is 1. The number of carbonyl (C=O) groups excluding carboxylic acids is 1. The predicted octanol–water partition coefficient (Wildman–Crippen LogP) is 3.33. The zero-order valence-electron chi connectivity index (χ0n) is 12.5. The van der Waals surface area contributed by atoms with Gasteiger partial charge in [-0.05, 0) is 42.2 Å². The van der Waals surface area contributed by atoms with Gasteiger partial charge in [0.15, 0.2) is 0 Å². The fraction of sp³-hybridized carbons (Fsp3) is 0.389. The Bertz CT molecular complexity index is 674. The van der Waals surface area contributed by atoms with E-state index in [1.807, 2.05) is 24.3 Å². The minimum atomic E-state index is 0.0506. The lowest BCUT2D eigenvalue weighted by Crippen LogP contribution is -2.19. The highest BCUT2D eigenvalue weighted by molar-refractivity contribution is 5.91. The Balaban J connectivity index is 1.41. The second-order valence-corrected chi connectivity index (χ2v) is 6.21. The summed E-state index contributed by atoms with van der Waals surface area (Å²) < 4.78 is 5.27. The van der Waals surface area contributed by atoms with Crippen LogP contribution in [0.4, 0.5) is 5.69 Å². The number of carbonyl (C=O) groups is 1. The van der Waals surface area contributed by atoms with Gasteiger partial charge in [-0.3, -0.25) is 9.69 Å². The number of rotatable bonds is 5. The molecule has 4 nitrogen and oxygen atoms in total. The van der Waals surface area contributed by atoms with Gasteiger partial charge in [0.05, 0.1) is 6.26 Å². The minimum absolute atomic E-state index is 0.0506. The van der Waals surface area contributed by atoms with Crippen molar-refractivity contribution in [3.63, 3.8) is 0 Å².